The second-order valence-electron chi connectivity index (χ2n) is 5.15. The van der Waals surface area contributed by atoms with Gasteiger partial charge in [-0.1, -0.05) is 0 Å². The van der Waals surface area contributed by atoms with E-state index in [1.807, 2.05) is 0 Å². The quantitative estimate of drug-likeness (QED) is 0.690. The Bertz CT molecular complexity index is 624. The Kier molecular flexibility index (Phi) is 4.01. The minimum Gasteiger partial charge on any atom is -0.399 e. The van der Waals surface area contributed by atoms with Gasteiger partial charge in [-0.05, 0) is 50.5 Å². The van der Waals surface area contributed by atoms with Crippen molar-refractivity contribution in [2.24, 2.45) is 0 Å². The van der Waals surface area contributed by atoms with Crippen molar-refractivity contribution in [3.05, 3.63) is 23.8 Å². The van der Waals surface area contributed by atoms with Crippen LogP contribution in [0.5, 0.6) is 0 Å². The van der Waals surface area contributed by atoms with Gasteiger partial charge in [0.25, 0.3) is 0 Å². The van der Waals surface area contributed by atoms with Gasteiger partial charge in [-0.3, -0.25) is 4.79 Å². The molecule has 2 rings (SSSR count). The summed E-state index contributed by atoms with van der Waals surface area (Å²) in [5.41, 5.74) is 6.65. The number of nitrogen functional groups attached to an aromatic ring is 1. The number of nitrogens with two attached hydrogens (primary N) is 1. The summed E-state index contributed by atoms with van der Waals surface area (Å²) < 4.78 is 26.9. The molecule has 0 bridgehead atoms. The van der Waals surface area contributed by atoms with Gasteiger partial charge in [0, 0.05) is 11.7 Å². The highest BCUT2D eigenvalue weighted by Gasteiger charge is 2.28. The van der Waals surface area contributed by atoms with Crippen molar-refractivity contribution in [3.63, 3.8) is 0 Å². The van der Waals surface area contributed by atoms with Crippen LogP contribution in [0.3, 0.4) is 0 Å². The summed E-state index contributed by atoms with van der Waals surface area (Å²) in [4.78, 5) is 11.9. The second kappa shape index (κ2) is 5.41. The third-order valence-corrected chi connectivity index (χ3v) is 4.84. The minimum absolute atomic E-state index is 0.137. The smallest absolute Gasteiger partial charge is 0.241 e. The molecule has 20 heavy (non-hydrogen) atoms. The van der Waals surface area contributed by atoms with Crippen LogP contribution in [-0.4, -0.2) is 26.4 Å². The summed E-state index contributed by atoms with van der Waals surface area (Å²) in [7, 11) is -3.73. The third kappa shape index (κ3) is 3.49. The summed E-state index contributed by atoms with van der Waals surface area (Å²) in [6.07, 6.45) is 1.92. The Hall–Kier alpha value is -1.60. The van der Waals surface area contributed by atoms with Crippen molar-refractivity contribution < 1.29 is 13.2 Å². The van der Waals surface area contributed by atoms with E-state index in [1.54, 1.807) is 13.0 Å². The van der Waals surface area contributed by atoms with Crippen LogP contribution in [0.15, 0.2) is 23.1 Å². The lowest BCUT2D eigenvalue weighted by Gasteiger charge is -2.15. The first-order valence-electron chi connectivity index (χ1n) is 6.48. The molecule has 0 saturated heterocycles. The van der Waals surface area contributed by atoms with Crippen molar-refractivity contribution >= 4 is 21.6 Å². The van der Waals surface area contributed by atoms with Crippen LogP contribution in [-0.2, 0) is 14.8 Å². The van der Waals surface area contributed by atoms with Crippen LogP contribution in [0.4, 0.5) is 5.69 Å². The number of rotatable bonds is 5. The number of aryl methyl sites for hydroxylation is 1. The molecule has 1 saturated carbocycles. The van der Waals surface area contributed by atoms with E-state index in [4.69, 9.17) is 5.73 Å². The average molecular weight is 297 g/mol. The number of hydrogen-bond acceptors (Lipinski definition) is 4. The van der Waals surface area contributed by atoms with Gasteiger partial charge in [-0.25, -0.2) is 8.42 Å². The molecule has 4 N–H and O–H groups in total. The van der Waals surface area contributed by atoms with Gasteiger partial charge in [0.05, 0.1) is 10.9 Å². The molecule has 1 amide bonds. The predicted octanol–water partition coefficient (Wildman–Crippen LogP) is 0.523. The highest BCUT2D eigenvalue weighted by Crippen LogP contribution is 2.20. The zero-order chi connectivity index (χ0) is 14.9. The number of hydrogen-bond donors (Lipinski definition) is 3. The Balaban J connectivity index is 2.11. The van der Waals surface area contributed by atoms with Crippen LogP contribution in [0.1, 0.15) is 25.3 Å². The van der Waals surface area contributed by atoms with Gasteiger partial charge >= 0.3 is 0 Å². The summed E-state index contributed by atoms with van der Waals surface area (Å²) >= 11 is 0. The van der Waals surface area contributed by atoms with E-state index in [2.05, 4.69) is 10.0 Å². The molecule has 1 aromatic carbocycles. The topological polar surface area (TPSA) is 101 Å². The SMILES string of the molecule is Cc1cc(N)ccc1S(=O)(=O)NC(C)C(=O)NC1CC1. The lowest BCUT2D eigenvalue weighted by atomic mass is 10.2. The first-order chi connectivity index (χ1) is 9.29. The molecule has 0 heterocycles. The molecule has 1 aliphatic rings. The van der Waals surface area contributed by atoms with Crippen molar-refractivity contribution in [2.75, 3.05) is 5.73 Å². The highest BCUT2D eigenvalue weighted by atomic mass is 32.2. The molecule has 1 aromatic rings. The van der Waals surface area contributed by atoms with Crippen LogP contribution < -0.4 is 15.8 Å². The fourth-order valence-electron chi connectivity index (χ4n) is 1.88. The largest absolute Gasteiger partial charge is 0.399 e. The molecule has 7 heteroatoms. The number of nitrogens with one attached hydrogen (secondary N) is 2. The fraction of sp³-hybridized carbons (Fsp3) is 0.462. The normalized spacial score (nSPS) is 16.7. The Labute approximate surface area is 118 Å². The molecule has 0 aliphatic heterocycles. The van der Waals surface area contributed by atoms with Crippen molar-refractivity contribution in [1.29, 1.82) is 0 Å². The Morgan fingerprint density at radius 1 is 1.40 bits per heavy atom. The predicted molar refractivity (Wildman–Crippen MR) is 76.5 cm³/mol. The van der Waals surface area contributed by atoms with E-state index in [-0.39, 0.29) is 16.8 Å². The molecule has 1 atom stereocenters. The monoisotopic (exact) mass is 297 g/mol. The molecule has 0 spiro atoms. The number of carbonyl (C=O) groups is 1. The summed E-state index contributed by atoms with van der Waals surface area (Å²) in [5.74, 6) is -0.302. The number of benzene rings is 1. The van der Waals surface area contributed by atoms with Gasteiger partial charge in [-0.2, -0.15) is 4.72 Å². The minimum atomic E-state index is -3.73. The fourth-order valence-corrected chi connectivity index (χ4v) is 3.31. The standard InChI is InChI=1S/C13H19N3O3S/c1-8-7-10(14)3-6-12(8)20(18,19)16-9(2)13(17)15-11-4-5-11/h3,6-7,9,11,16H,4-5,14H2,1-2H3,(H,15,17). The number of anilines is 1. The molecule has 1 unspecified atom stereocenters. The van der Waals surface area contributed by atoms with E-state index in [9.17, 15) is 13.2 Å². The summed E-state index contributed by atoms with van der Waals surface area (Å²) in [6, 6.07) is 3.95. The number of amides is 1. The molecule has 110 valence electrons. The first kappa shape index (κ1) is 14.8. The number of sulfonamides is 1. The van der Waals surface area contributed by atoms with Crippen LogP contribution in [0, 0.1) is 6.92 Å². The van der Waals surface area contributed by atoms with E-state index in [0.29, 0.717) is 11.3 Å². The van der Waals surface area contributed by atoms with Crippen molar-refractivity contribution in [3.8, 4) is 0 Å². The lowest BCUT2D eigenvalue weighted by Crippen LogP contribution is -2.45. The third-order valence-electron chi connectivity index (χ3n) is 3.14. The average Bonchev–Trinajstić information content (AvgIpc) is 3.11. The summed E-state index contributed by atoms with van der Waals surface area (Å²) in [5, 5.41) is 2.77. The zero-order valence-corrected chi connectivity index (χ0v) is 12.3. The van der Waals surface area contributed by atoms with Gasteiger partial charge in [0.1, 0.15) is 0 Å². The van der Waals surface area contributed by atoms with Crippen molar-refractivity contribution in [2.45, 2.75) is 43.7 Å². The summed E-state index contributed by atoms with van der Waals surface area (Å²) in [6.45, 7) is 3.20. The van der Waals surface area contributed by atoms with E-state index in [1.165, 1.54) is 19.1 Å². The molecule has 1 aliphatic carbocycles. The zero-order valence-electron chi connectivity index (χ0n) is 11.5. The highest BCUT2D eigenvalue weighted by molar-refractivity contribution is 7.89. The van der Waals surface area contributed by atoms with Crippen LogP contribution in [0.2, 0.25) is 0 Å². The van der Waals surface area contributed by atoms with E-state index in [0.717, 1.165) is 12.8 Å². The van der Waals surface area contributed by atoms with E-state index < -0.39 is 16.1 Å². The van der Waals surface area contributed by atoms with Crippen LogP contribution in [0.25, 0.3) is 0 Å². The first-order valence-corrected chi connectivity index (χ1v) is 7.97. The van der Waals surface area contributed by atoms with Crippen molar-refractivity contribution in [1.82, 2.24) is 10.0 Å². The Morgan fingerprint density at radius 2 is 2.05 bits per heavy atom. The Morgan fingerprint density at radius 3 is 2.60 bits per heavy atom. The molecule has 6 nitrogen and oxygen atoms in total. The maximum atomic E-state index is 12.2. The maximum Gasteiger partial charge on any atom is 0.241 e. The lowest BCUT2D eigenvalue weighted by molar-refractivity contribution is -0.122. The second-order valence-corrected chi connectivity index (χ2v) is 6.83. The molecule has 1 fully saturated rings. The number of carbonyl (C=O) groups excluding carboxylic acids is 1. The van der Waals surface area contributed by atoms with Gasteiger partial charge in [-0.15, -0.1) is 0 Å². The van der Waals surface area contributed by atoms with Gasteiger partial charge < -0.3 is 11.1 Å². The molecule has 0 radical (unpaired) electrons. The molecular weight excluding hydrogens is 278 g/mol. The molecular formula is C13H19N3O3S. The molecule has 0 aromatic heterocycles. The maximum absolute atomic E-state index is 12.2. The van der Waals surface area contributed by atoms with Gasteiger partial charge in [0.15, 0.2) is 0 Å². The van der Waals surface area contributed by atoms with Gasteiger partial charge in [0.2, 0.25) is 15.9 Å². The van der Waals surface area contributed by atoms with E-state index >= 15 is 0 Å². The van der Waals surface area contributed by atoms with Crippen LogP contribution >= 0.6 is 0 Å².